The highest BCUT2D eigenvalue weighted by Crippen LogP contribution is 2.35. The monoisotopic (exact) mass is 282 g/mol. The third kappa shape index (κ3) is 2.51. The molecule has 2 rings (SSSR count). The maximum atomic E-state index is 12.7. The Labute approximate surface area is 102 Å². The van der Waals surface area contributed by atoms with Gasteiger partial charge in [-0.25, -0.2) is 4.98 Å². The lowest BCUT2D eigenvalue weighted by molar-refractivity contribution is -0.290. The summed E-state index contributed by atoms with van der Waals surface area (Å²) in [7, 11) is 0. The van der Waals surface area contributed by atoms with Crippen molar-refractivity contribution in [3.05, 3.63) is 18.6 Å². The molecule has 0 saturated heterocycles. The average Bonchev–Trinajstić information content (AvgIpc) is 2.72. The highest BCUT2D eigenvalue weighted by molar-refractivity contribution is 5.52. The minimum atomic E-state index is -5.70. The summed E-state index contributed by atoms with van der Waals surface area (Å²) in [5.41, 5.74) is 5.35. The smallest absolute Gasteiger partial charge is 0.456 e. The highest BCUT2D eigenvalue weighted by Gasteiger charge is 2.58. The average molecular weight is 282 g/mol. The third-order valence-corrected chi connectivity index (χ3v) is 2.17. The molecule has 0 bridgehead atoms. The second-order valence-corrected chi connectivity index (χ2v) is 3.62. The third-order valence-electron chi connectivity index (χ3n) is 2.17. The van der Waals surface area contributed by atoms with Crippen LogP contribution in [-0.2, 0) is 0 Å². The summed E-state index contributed by atoms with van der Waals surface area (Å²) in [6, 6.07) is 0. The molecule has 0 aliphatic heterocycles. The molecule has 2 aromatic rings. The van der Waals surface area contributed by atoms with E-state index < -0.39 is 24.6 Å². The summed E-state index contributed by atoms with van der Waals surface area (Å²) >= 11 is 0. The molecule has 0 unspecified atom stereocenters. The summed E-state index contributed by atoms with van der Waals surface area (Å²) in [5.74, 6) is -5.58. The SMILES string of the molecule is Nc1cn2ccnc2c(OCC(F)(F)C(F)(F)F)n1. The summed E-state index contributed by atoms with van der Waals surface area (Å²) in [5, 5.41) is 0. The molecule has 2 aromatic heterocycles. The Hall–Kier alpha value is -2.13. The van der Waals surface area contributed by atoms with E-state index in [2.05, 4.69) is 14.7 Å². The molecule has 0 aliphatic carbocycles. The quantitative estimate of drug-likeness (QED) is 0.873. The van der Waals surface area contributed by atoms with E-state index in [4.69, 9.17) is 5.73 Å². The number of nitrogens with zero attached hydrogens (tertiary/aromatic N) is 3. The molecule has 0 aliphatic rings. The largest absolute Gasteiger partial charge is 0.468 e. The predicted octanol–water partition coefficient (Wildman–Crippen LogP) is 1.89. The number of nitrogen functional groups attached to an aromatic ring is 1. The molecule has 2 N–H and O–H groups in total. The van der Waals surface area contributed by atoms with E-state index in [1.54, 1.807) is 0 Å². The lowest BCUT2D eigenvalue weighted by Gasteiger charge is -2.19. The van der Waals surface area contributed by atoms with Crippen molar-refractivity contribution in [1.29, 1.82) is 0 Å². The summed E-state index contributed by atoms with van der Waals surface area (Å²) in [6.45, 7) is -1.89. The minimum absolute atomic E-state index is 0.00725. The number of aromatic nitrogens is 3. The highest BCUT2D eigenvalue weighted by atomic mass is 19.4. The first-order chi connectivity index (χ1) is 8.71. The number of anilines is 1. The van der Waals surface area contributed by atoms with Gasteiger partial charge in [0.2, 0.25) is 5.65 Å². The Morgan fingerprint density at radius 2 is 1.95 bits per heavy atom. The summed E-state index contributed by atoms with van der Waals surface area (Å²) in [6.07, 6.45) is -1.66. The molecule has 0 radical (unpaired) electrons. The van der Waals surface area contributed by atoms with Crippen LogP contribution in [-0.4, -0.2) is 33.1 Å². The van der Waals surface area contributed by atoms with Crippen LogP contribution in [0.25, 0.3) is 5.65 Å². The number of hydrogen-bond donors (Lipinski definition) is 1. The van der Waals surface area contributed by atoms with Gasteiger partial charge in [0.1, 0.15) is 5.82 Å². The van der Waals surface area contributed by atoms with Crippen LogP contribution >= 0.6 is 0 Å². The first-order valence-corrected chi connectivity index (χ1v) is 4.87. The molecule has 0 fully saturated rings. The molecule has 0 saturated carbocycles. The molecule has 2 heterocycles. The van der Waals surface area contributed by atoms with Gasteiger partial charge in [0, 0.05) is 12.4 Å². The molecule has 10 heteroatoms. The lowest BCUT2D eigenvalue weighted by atomic mass is 10.3. The zero-order chi connectivity index (χ0) is 14.3. The van der Waals surface area contributed by atoms with Crippen LogP contribution in [0.5, 0.6) is 5.88 Å². The van der Waals surface area contributed by atoms with Crippen LogP contribution in [0.1, 0.15) is 0 Å². The molecule has 0 spiro atoms. The number of halogens is 5. The van der Waals surface area contributed by atoms with Crippen LogP contribution in [0.15, 0.2) is 18.6 Å². The normalized spacial score (nSPS) is 12.9. The number of hydrogen-bond acceptors (Lipinski definition) is 4. The van der Waals surface area contributed by atoms with Crippen molar-refractivity contribution in [2.45, 2.75) is 12.1 Å². The van der Waals surface area contributed by atoms with E-state index in [1.165, 1.54) is 23.0 Å². The fourth-order valence-electron chi connectivity index (χ4n) is 1.26. The van der Waals surface area contributed by atoms with Gasteiger partial charge in [0.15, 0.2) is 6.61 Å². The van der Waals surface area contributed by atoms with Crippen LogP contribution in [0.4, 0.5) is 27.8 Å². The van der Waals surface area contributed by atoms with Gasteiger partial charge in [0.05, 0.1) is 6.20 Å². The molecular weight excluding hydrogens is 275 g/mol. The van der Waals surface area contributed by atoms with Crippen molar-refractivity contribution in [2.24, 2.45) is 0 Å². The Kier molecular flexibility index (Phi) is 2.95. The zero-order valence-corrected chi connectivity index (χ0v) is 9.16. The number of fused-ring (bicyclic) bond motifs is 1. The number of ether oxygens (including phenoxy) is 1. The molecule has 0 atom stereocenters. The second kappa shape index (κ2) is 4.21. The van der Waals surface area contributed by atoms with Crippen molar-refractivity contribution < 1.29 is 26.7 Å². The Balaban J connectivity index is 2.25. The molecule has 104 valence electrons. The van der Waals surface area contributed by atoms with E-state index in [0.29, 0.717) is 0 Å². The first-order valence-electron chi connectivity index (χ1n) is 4.87. The van der Waals surface area contributed by atoms with Gasteiger partial charge in [-0.1, -0.05) is 0 Å². The summed E-state index contributed by atoms with van der Waals surface area (Å²) < 4.78 is 67.0. The molecular formula is C9H7F5N4O. The maximum Gasteiger partial charge on any atom is 0.456 e. The Morgan fingerprint density at radius 3 is 2.58 bits per heavy atom. The topological polar surface area (TPSA) is 65.4 Å². The molecule has 0 amide bonds. The minimum Gasteiger partial charge on any atom is -0.468 e. The van der Waals surface area contributed by atoms with E-state index in [1.807, 2.05) is 0 Å². The van der Waals surface area contributed by atoms with Crippen molar-refractivity contribution in [3.63, 3.8) is 0 Å². The van der Waals surface area contributed by atoms with Gasteiger partial charge in [-0.05, 0) is 0 Å². The van der Waals surface area contributed by atoms with Crippen LogP contribution in [0.3, 0.4) is 0 Å². The van der Waals surface area contributed by atoms with Gasteiger partial charge in [-0.3, -0.25) is 4.40 Å². The van der Waals surface area contributed by atoms with Crippen molar-refractivity contribution in [3.8, 4) is 5.88 Å². The van der Waals surface area contributed by atoms with E-state index in [-0.39, 0.29) is 11.5 Å². The standard InChI is InChI=1S/C9H7F5N4O/c10-8(11,9(12,13)14)4-19-7-6-16-1-2-18(6)3-5(15)17-7/h1-3H,4,15H2. The summed E-state index contributed by atoms with van der Waals surface area (Å²) in [4.78, 5) is 7.25. The van der Waals surface area contributed by atoms with E-state index in [0.717, 1.165) is 0 Å². The van der Waals surface area contributed by atoms with E-state index >= 15 is 0 Å². The van der Waals surface area contributed by atoms with Gasteiger partial charge < -0.3 is 10.5 Å². The second-order valence-electron chi connectivity index (χ2n) is 3.62. The number of rotatable bonds is 3. The fourth-order valence-corrected chi connectivity index (χ4v) is 1.26. The van der Waals surface area contributed by atoms with Gasteiger partial charge >= 0.3 is 12.1 Å². The Bertz CT molecular complexity index is 594. The molecule has 0 aromatic carbocycles. The van der Waals surface area contributed by atoms with Crippen LogP contribution in [0, 0.1) is 0 Å². The van der Waals surface area contributed by atoms with Gasteiger partial charge in [0.25, 0.3) is 5.88 Å². The zero-order valence-electron chi connectivity index (χ0n) is 9.16. The molecule has 19 heavy (non-hydrogen) atoms. The van der Waals surface area contributed by atoms with Crippen molar-refractivity contribution in [1.82, 2.24) is 14.4 Å². The van der Waals surface area contributed by atoms with Crippen molar-refractivity contribution >= 4 is 11.5 Å². The van der Waals surface area contributed by atoms with Crippen molar-refractivity contribution in [2.75, 3.05) is 12.3 Å². The number of imidazole rings is 1. The number of alkyl halides is 5. The lowest BCUT2D eigenvalue weighted by Crippen LogP contribution is -2.41. The van der Waals surface area contributed by atoms with Gasteiger partial charge in [-0.15, -0.1) is 0 Å². The molecule has 5 nitrogen and oxygen atoms in total. The fraction of sp³-hybridized carbons (Fsp3) is 0.333. The van der Waals surface area contributed by atoms with Gasteiger partial charge in [-0.2, -0.15) is 26.9 Å². The van der Waals surface area contributed by atoms with E-state index in [9.17, 15) is 22.0 Å². The number of nitrogens with two attached hydrogens (primary N) is 1. The Morgan fingerprint density at radius 1 is 1.26 bits per heavy atom. The maximum absolute atomic E-state index is 12.7. The van der Waals surface area contributed by atoms with Crippen LogP contribution < -0.4 is 10.5 Å². The predicted molar refractivity (Wildman–Crippen MR) is 53.9 cm³/mol. The van der Waals surface area contributed by atoms with Crippen LogP contribution in [0.2, 0.25) is 0 Å². The first kappa shape index (κ1) is 13.3.